The summed E-state index contributed by atoms with van der Waals surface area (Å²) in [4.78, 5) is 81.9. The number of hydrogen-bond donors (Lipinski definition) is 8. The topological polar surface area (TPSA) is 223 Å². The maximum atomic E-state index is 14.4. The zero-order chi connectivity index (χ0) is 41.9. The maximum absolute atomic E-state index is 14.4. The van der Waals surface area contributed by atoms with E-state index < -0.39 is 72.2 Å². The van der Waals surface area contributed by atoms with Crippen LogP contribution in [0.5, 0.6) is 5.75 Å². The maximum Gasteiger partial charge on any atom is 0.326 e. The molecule has 0 spiro atoms. The lowest BCUT2D eigenvalue weighted by atomic mass is 9.99. The number of aliphatic hydroxyl groups is 1. The number of aliphatic hydroxyl groups excluding tert-OH is 1. The standard InChI is InChI=1S/C44H43N5O9S/c50-32-9-4-8-30(23-32)29-15-11-27(12-16-29)21-35-40(53)47-34(20-26-6-2-1-3-7-26)41(54)49-37(44(57)58)22-28-13-17-31(18-14-28)45-43(56)38(51)25-39(52)46-36(42(55)48-35)24-33-10-5-19-59-33/h1-19,23,34-38,50-51H,20-22,24-25H2,(H,45,56)(H,46,52)(H,47,53)(H,48,55)(H,49,54)(H,57,58). The van der Waals surface area contributed by atoms with Gasteiger partial charge in [-0.2, -0.15) is 0 Å². The molecule has 5 aromatic rings. The summed E-state index contributed by atoms with van der Waals surface area (Å²) in [6, 6.07) is 27.0. The average molecular weight is 818 g/mol. The first-order chi connectivity index (χ1) is 28.4. The van der Waals surface area contributed by atoms with Gasteiger partial charge >= 0.3 is 5.97 Å². The van der Waals surface area contributed by atoms with Crippen molar-refractivity contribution in [3.8, 4) is 16.9 Å². The summed E-state index contributed by atoms with van der Waals surface area (Å²) < 4.78 is 0. The van der Waals surface area contributed by atoms with Crippen LogP contribution in [0.2, 0.25) is 0 Å². The normalized spacial score (nSPS) is 20.9. The molecule has 14 nitrogen and oxygen atoms in total. The highest BCUT2D eigenvalue weighted by Gasteiger charge is 2.33. The van der Waals surface area contributed by atoms with Gasteiger partial charge in [0, 0.05) is 36.2 Å². The molecule has 7 rings (SSSR count). The largest absolute Gasteiger partial charge is 0.508 e. The Hall–Kier alpha value is -6.84. The van der Waals surface area contributed by atoms with Crippen molar-refractivity contribution >= 4 is 52.5 Å². The number of carboxylic acids is 1. The number of carbonyl (C=O) groups excluding carboxylic acids is 5. The second kappa shape index (κ2) is 19.5. The van der Waals surface area contributed by atoms with Crippen LogP contribution in [0.25, 0.3) is 11.1 Å². The SMILES string of the molecule is O=C1CC(O)C(=O)Nc2ccc(cc2)CC(C(=O)O)NC(=O)C(Cc2ccccc2)NC(=O)C(Cc2ccc(-c3cccc(O)c3)cc2)NC(=O)C(Cc2cccs2)N1. The van der Waals surface area contributed by atoms with Crippen molar-refractivity contribution in [1.29, 1.82) is 0 Å². The predicted molar refractivity (Wildman–Crippen MR) is 220 cm³/mol. The number of benzene rings is 4. The summed E-state index contributed by atoms with van der Waals surface area (Å²) in [5, 5.41) is 45.8. The van der Waals surface area contributed by atoms with Gasteiger partial charge in [0.05, 0.1) is 6.42 Å². The lowest BCUT2D eigenvalue weighted by Crippen LogP contribution is -2.59. The van der Waals surface area contributed by atoms with E-state index >= 15 is 0 Å². The van der Waals surface area contributed by atoms with E-state index in [0.717, 1.165) is 16.0 Å². The first-order valence-electron chi connectivity index (χ1n) is 18.9. The minimum atomic E-state index is -1.79. The van der Waals surface area contributed by atoms with Gasteiger partial charge in [-0.1, -0.05) is 84.9 Å². The Morgan fingerprint density at radius 3 is 1.85 bits per heavy atom. The number of aromatic hydroxyl groups is 1. The number of phenols is 1. The highest BCUT2D eigenvalue weighted by atomic mass is 32.1. The van der Waals surface area contributed by atoms with Crippen LogP contribution in [0.3, 0.4) is 0 Å². The quantitative estimate of drug-likeness (QED) is 0.108. The molecule has 0 radical (unpaired) electrons. The third-order valence-electron chi connectivity index (χ3n) is 9.72. The van der Waals surface area contributed by atoms with Crippen LogP contribution in [0.15, 0.2) is 121 Å². The summed E-state index contributed by atoms with van der Waals surface area (Å²) in [6.07, 6.45) is -2.67. The lowest BCUT2D eigenvalue weighted by molar-refractivity contribution is -0.142. The van der Waals surface area contributed by atoms with Gasteiger partial charge in [-0.15, -0.1) is 11.3 Å². The molecule has 304 valence electrons. The van der Waals surface area contributed by atoms with Crippen molar-refractivity contribution in [2.75, 3.05) is 5.32 Å². The fourth-order valence-electron chi connectivity index (χ4n) is 6.59. The highest BCUT2D eigenvalue weighted by molar-refractivity contribution is 7.09. The first kappa shape index (κ1) is 41.8. The van der Waals surface area contributed by atoms with E-state index in [-0.39, 0.29) is 37.1 Å². The van der Waals surface area contributed by atoms with E-state index in [1.807, 2.05) is 6.07 Å². The number of nitrogens with one attached hydrogen (secondary N) is 5. The second-order valence-electron chi connectivity index (χ2n) is 14.2. The summed E-state index contributed by atoms with van der Waals surface area (Å²) in [5.74, 6) is -5.19. The number of thiophene rings is 1. The zero-order valence-corrected chi connectivity index (χ0v) is 32.5. The van der Waals surface area contributed by atoms with Crippen molar-refractivity contribution in [3.05, 3.63) is 142 Å². The number of aliphatic carboxylic acids is 1. The van der Waals surface area contributed by atoms with Crippen molar-refractivity contribution in [3.63, 3.8) is 0 Å². The molecule has 0 saturated heterocycles. The fraction of sp³-hybridized carbons (Fsp3) is 0.227. The van der Waals surface area contributed by atoms with Crippen LogP contribution < -0.4 is 26.6 Å². The van der Waals surface area contributed by atoms with Gasteiger partial charge in [-0.05, 0) is 63.5 Å². The third-order valence-corrected chi connectivity index (χ3v) is 10.6. The van der Waals surface area contributed by atoms with Gasteiger partial charge in [0.15, 0.2) is 0 Å². The molecule has 5 atom stereocenters. The zero-order valence-electron chi connectivity index (χ0n) is 31.7. The van der Waals surface area contributed by atoms with Crippen molar-refractivity contribution in [2.45, 2.75) is 62.4 Å². The van der Waals surface area contributed by atoms with E-state index in [1.165, 1.54) is 23.5 Å². The molecule has 15 heteroatoms. The van der Waals surface area contributed by atoms with Gasteiger partial charge in [-0.25, -0.2) is 4.79 Å². The van der Waals surface area contributed by atoms with E-state index in [1.54, 1.807) is 102 Å². The Balaban J connectivity index is 1.35. The Bertz CT molecular complexity index is 2270. The lowest BCUT2D eigenvalue weighted by Gasteiger charge is -2.26. The fourth-order valence-corrected chi connectivity index (χ4v) is 7.34. The molecule has 8 N–H and O–H groups in total. The van der Waals surface area contributed by atoms with E-state index in [2.05, 4.69) is 26.6 Å². The summed E-state index contributed by atoms with van der Waals surface area (Å²) in [7, 11) is 0. The first-order valence-corrected chi connectivity index (χ1v) is 19.7. The van der Waals surface area contributed by atoms with Gasteiger partial charge in [0.1, 0.15) is 36.0 Å². The van der Waals surface area contributed by atoms with E-state index in [0.29, 0.717) is 16.7 Å². The Morgan fingerprint density at radius 1 is 0.610 bits per heavy atom. The Morgan fingerprint density at radius 2 is 1.24 bits per heavy atom. The summed E-state index contributed by atoms with van der Waals surface area (Å²) >= 11 is 1.34. The average Bonchev–Trinajstić information content (AvgIpc) is 3.74. The molecule has 2 aliphatic rings. The van der Waals surface area contributed by atoms with Gasteiger partial charge in [0.2, 0.25) is 23.6 Å². The van der Waals surface area contributed by atoms with E-state index in [9.17, 15) is 44.1 Å². The summed E-state index contributed by atoms with van der Waals surface area (Å²) in [6.45, 7) is 0. The molecule has 5 amide bonds. The molecule has 0 fully saturated rings. The number of amides is 5. The molecular formula is C44H43N5O9S. The number of carboxylic acid groups (broad SMARTS) is 1. The number of rotatable bonds is 8. The molecule has 1 aromatic heterocycles. The minimum absolute atomic E-state index is 0.0161. The number of carbonyl (C=O) groups is 6. The Kier molecular flexibility index (Phi) is 13.8. The second-order valence-corrected chi connectivity index (χ2v) is 15.2. The van der Waals surface area contributed by atoms with Crippen LogP contribution in [0.4, 0.5) is 5.69 Å². The Labute approximate surface area is 343 Å². The van der Waals surface area contributed by atoms with Crippen LogP contribution in [-0.4, -0.2) is 81.1 Å². The molecular weight excluding hydrogens is 775 g/mol. The highest BCUT2D eigenvalue weighted by Crippen LogP contribution is 2.24. The number of hydrogen-bond acceptors (Lipinski definition) is 9. The minimum Gasteiger partial charge on any atom is -0.508 e. The number of anilines is 1. The van der Waals surface area contributed by atoms with Gasteiger partial charge in [-0.3, -0.25) is 24.0 Å². The molecule has 2 aliphatic heterocycles. The molecule has 2 bridgehead atoms. The van der Waals surface area contributed by atoms with Crippen molar-refractivity contribution in [1.82, 2.24) is 21.3 Å². The molecule has 3 heterocycles. The third kappa shape index (κ3) is 11.8. The van der Waals surface area contributed by atoms with Crippen molar-refractivity contribution < 1.29 is 44.1 Å². The number of phenolic OH excluding ortho intramolecular Hbond substituents is 1. The number of fused-ring (bicyclic) bond motifs is 18. The smallest absolute Gasteiger partial charge is 0.326 e. The van der Waals surface area contributed by atoms with Gasteiger partial charge < -0.3 is 41.9 Å². The molecule has 0 saturated carbocycles. The molecule has 5 unspecified atom stereocenters. The predicted octanol–water partition coefficient (Wildman–Crippen LogP) is 3.12. The molecule has 4 aromatic carbocycles. The van der Waals surface area contributed by atoms with Crippen LogP contribution in [-0.2, 0) is 54.5 Å². The van der Waals surface area contributed by atoms with Crippen molar-refractivity contribution in [2.24, 2.45) is 0 Å². The van der Waals surface area contributed by atoms with E-state index in [4.69, 9.17) is 0 Å². The summed E-state index contributed by atoms with van der Waals surface area (Å²) in [5.41, 5.74) is 3.59. The van der Waals surface area contributed by atoms with Crippen LogP contribution in [0, 0.1) is 0 Å². The molecule has 0 aliphatic carbocycles. The van der Waals surface area contributed by atoms with Crippen LogP contribution in [0.1, 0.15) is 28.0 Å². The molecule has 59 heavy (non-hydrogen) atoms. The van der Waals surface area contributed by atoms with Crippen LogP contribution >= 0.6 is 11.3 Å². The monoisotopic (exact) mass is 817 g/mol. The van der Waals surface area contributed by atoms with Gasteiger partial charge in [0.25, 0.3) is 5.91 Å².